The number of nitrogens with one attached hydrogen (secondary N) is 2. The third-order valence-corrected chi connectivity index (χ3v) is 11.0. The van der Waals surface area contributed by atoms with Gasteiger partial charge in [-0.25, -0.2) is 13.4 Å². The fourth-order valence-electron chi connectivity index (χ4n) is 6.07. The number of pyridine rings is 1. The van der Waals surface area contributed by atoms with E-state index in [2.05, 4.69) is 15.2 Å². The second-order valence-corrected chi connectivity index (χ2v) is 14.4. The van der Waals surface area contributed by atoms with E-state index in [1.165, 1.54) is 4.31 Å². The standard InChI is InChI=1S/C36H37ClN6O4S/c1-24(32-23-26-11-9-15-29(37)33(26)36(45)43(32)27-12-4-3-5-13-27)39-35(44)34-30(38)16-6-7-17-31(40-34)25-10-8-14-28(22-25)48(46,47)42-20-18-41(2)19-21-42/h3-5,8-15,17,22-24,38H,6-7,16,18-21H2,1-2H3,(H,39,44)/b31-17-,38-30?,40-34?. The zero-order valence-corrected chi connectivity index (χ0v) is 28.4. The van der Waals surface area contributed by atoms with Crippen molar-refractivity contribution in [3.63, 3.8) is 0 Å². The van der Waals surface area contributed by atoms with E-state index in [1.807, 2.05) is 49.5 Å². The minimum absolute atomic E-state index is 0.0578. The number of piperazine rings is 1. The molecule has 2 aliphatic heterocycles. The van der Waals surface area contributed by atoms with Crippen LogP contribution >= 0.6 is 11.6 Å². The number of aliphatic imine (C=N–C) groups is 1. The van der Waals surface area contributed by atoms with E-state index in [-0.39, 0.29) is 21.9 Å². The van der Waals surface area contributed by atoms with Crippen molar-refractivity contribution in [3.05, 3.63) is 112 Å². The van der Waals surface area contributed by atoms with Gasteiger partial charge in [-0.2, -0.15) is 4.31 Å². The molecule has 1 unspecified atom stereocenters. The molecule has 48 heavy (non-hydrogen) atoms. The summed E-state index contributed by atoms with van der Waals surface area (Å²) >= 11 is 6.46. The number of amides is 1. The smallest absolute Gasteiger partial charge is 0.272 e. The summed E-state index contributed by atoms with van der Waals surface area (Å²) in [4.78, 5) is 34.7. The van der Waals surface area contributed by atoms with Crippen LogP contribution in [0.1, 0.15) is 43.5 Å². The molecule has 0 spiro atoms. The van der Waals surface area contributed by atoms with Gasteiger partial charge in [0.2, 0.25) is 10.0 Å². The zero-order chi connectivity index (χ0) is 34.0. The molecular weight excluding hydrogens is 648 g/mol. The van der Waals surface area contributed by atoms with Crippen molar-refractivity contribution >= 4 is 55.4 Å². The molecule has 0 aliphatic carbocycles. The SMILES string of the molecule is CC(NC(=O)C1=N/C(c2cccc(S(=O)(=O)N3CCN(C)CC3)c2)=C\CCCC1=N)c1cc2cccc(Cl)c2c(=O)n1-c1ccccc1. The Morgan fingerprint density at radius 3 is 2.46 bits per heavy atom. The lowest BCUT2D eigenvalue weighted by Crippen LogP contribution is -2.47. The molecule has 0 radical (unpaired) electrons. The predicted molar refractivity (Wildman–Crippen MR) is 191 cm³/mol. The Balaban J connectivity index is 1.34. The van der Waals surface area contributed by atoms with Crippen molar-refractivity contribution in [3.8, 4) is 5.69 Å². The molecule has 1 amide bonds. The number of sulfonamides is 1. The molecular formula is C36H37ClN6O4S. The number of carbonyl (C=O) groups excluding carboxylic acids is 1. The minimum Gasteiger partial charge on any atom is -0.343 e. The third-order valence-electron chi connectivity index (χ3n) is 8.76. The summed E-state index contributed by atoms with van der Waals surface area (Å²) in [5, 5.41) is 13.1. The second-order valence-electron chi connectivity index (χ2n) is 12.1. The molecule has 248 valence electrons. The number of hydrogen-bond donors (Lipinski definition) is 2. The van der Waals surface area contributed by atoms with Gasteiger partial charge < -0.3 is 15.6 Å². The van der Waals surface area contributed by atoms with Gasteiger partial charge in [-0.3, -0.25) is 14.2 Å². The van der Waals surface area contributed by atoms with E-state index in [0.717, 1.165) is 0 Å². The number of fused-ring (bicyclic) bond motifs is 1. The van der Waals surface area contributed by atoms with Crippen molar-refractivity contribution in [2.24, 2.45) is 4.99 Å². The Kier molecular flexibility index (Phi) is 9.75. The van der Waals surface area contributed by atoms with Crippen LogP contribution in [0.25, 0.3) is 22.2 Å². The monoisotopic (exact) mass is 684 g/mol. The third kappa shape index (κ3) is 6.77. The van der Waals surface area contributed by atoms with Gasteiger partial charge in [0.1, 0.15) is 5.71 Å². The average Bonchev–Trinajstić information content (AvgIpc) is 3.07. The number of halogens is 1. The molecule has 1 atom stereocenters. The fourth-order valence-corrected chi connectivity index (χ4v) is 7.81. The molecule has 6 rings (SSSR count). The molecule has 1 aromatic heterocycles. The molecule has 2 N–H and O–H groups in total. The van der Waals surface area contributed by atoms with Gasteiger partial charge in [0.15, 0.2) is 0 Å². The van der Waals surface area contributed by atoms with Gasteiger partial charge in [-0.15, -0.1) is 0 Å². The summed E-state index contributed by atoms with van der Waals surface area (Å²) in [6.45, 7) is 3.90. The van der Waals surface area contributed by atoms with Crippen LogP contribution in [0, 0.1) is 5.41 Å². The van der Waals surface area contributed by atoms with Crippen LogP contribution in [0.2, 0.25) is 5.02 Å². The van der Waals surface area contributed by atoms with Crippen LogP contribution in [-0.4, -0.2) is 72.7 Å². The van der Waals surface area contributed by atoms with Gasteiger partial charge in [0.05, 0.1) is 32.8 Å². The number of hydrogen-bond acceptors (Lipinski definition) is 7. The molecule has 0 bridgehead atoms. The van der Waals surface area contributed by atoms with E-state index in [1.54, 1.807) is 54.0 Å². The van der Waals surface area contributed by atoms with Crippen LogP contribution < -0.4 is 10.9 Å². The first-order valence-electron chi connectivity index (χ1n) is 15.9. The Hall–Kier alpha value is -4.42. The van der Waals surface area contributed by atoms with Crippen LogP contribution in [0.15, 0.2) is 99.6 Å². The number of aromatic nitrogens is 1. The Labute approximate surface area is 284 Å². The van der Waals surface area contributed by atoms with E-state index < -0.39 is 22.0 Å². The summed E-state index contributed by atoms with van der Waals surface area (Å²) in [5.74, 6) is -0.570. The van der Waals surface area contributed by atoms with Gasteiger partial charge in [-0.05, 0) is 75.0 Å². The van der Waals surface area contributed by atoms with Crippen molar-refractivity contribution < 1.29 is 13.2 Å². The van der Waals surface area contributed by atoms with Crippen LogP contribution in [0.5, 0.6) is 0 Å². The molecule has 1 fully saturated rings. The highest BCUT2D eigenvalue weighted by molar-refractivity contribution is 7.89. The lowest BCUT2D eigenvalue weighted by molar-refractivity contribution is -0.115. The Bertz CT molecular complexity index is 2120. The fraction of sp³-hybridized carbons (Fsp3) is 0.278. The van der Waals surface area contributed by atoms with E-state index >= 15 is 0 Å². The molecule has 4 aromatic rings. The highest BCUT2D eigenvalue weighted by Crippen LogP contribution is 2.27. The largest absolute Gasteiger partial charge is 0.343 e. The predicted octanol–water partition coefficient (Wildman–Crippen LogP) is 5.44. The van der Waals surface area contributed by atoms with Crippen molar-refractivity contribution in [2.75, 3.05) is 33.2 Å². The first-order chi connectivity index (χ1) is 23.0. The normalized spacial score (nSPS) is 18.4. The van der Waals surface area contributed by atoms with Gasteiger partial charge in [-0.1, -0.05) is 60.1 Å². The highest BCUT2D eigenvalue weighted by Gasteiger charge is 2.29. The number of carbonyl (C=O) groups is 1. The van der Waals surface area contributed by atoms with E-state index in [4.69, 9.17) is 17.0 Å². The number of rotatable bonds is 7. The molecule has 3 aromatic carbocycles. The number of nitrogens with zero attached hydrogens (tertiary/aromatic N) is 4. The minimum atomic E-state index is -3.73. The molecule has 0 saturated carbocycles. The maximum Gasteiger partial charge on any atom is 0.272 e. The zero-order valence-electron chi connectivity index (χ0n) is 26.8. The highest BCUT2D eigenvalue weighted by atomic mass is 35.5. The number of allylic oxidation sites excluding steroid dienone is 1. The first-order valence-corrected chi connectivity index (χ1v) is 17.7. The first kappa shape index (κ1) is 33.5. The van der Waals surface area contributed by atoms with Crippen LogP contribution in [0.3, 0.4) is 0 Å². The summed E-state index contributed by atoms with van der Waals surface area (Å²) in [6, 6.07) is 22.2. The quantitative estimate of drug-likeness (QED) is 0.268. The summed E-state index contributed by atoms with van der Waals surface area (Å²) < 4.78 is 30.1. The van der Waals surface area contributed by atoms with E-state index in [9.17, 15) is 18.0 Å². The molecule has 10 nitrogen and oxygen atoms in total. The lowest BCUT2D eigenvalue weighted by Gasteiger charge is -2.31. The number of benzene rings is 3. The summed E-state index contributed by atoms with van der Waals surface area (Å²) in [6.07, 6.45) is 3.48. The van der Waals surface area contributed by atoms with Crippen molar-refractivity contribution in [1.82, 2.24) is 19.1 Å². The average molecular weight is 685 g/mol. The van der Waals surface area contributed by atoms with Gasteiger partial charge in [0.25, 0.3) is 11.5 Å². The van der Waals surface area contributed by atoms with Crippen molar-refractivity contribution in [1.29, 1.82) is 5.41 Å². The van der Waals surface area contributed by atoms with Gasteiger partial charge in [0, 0.05) is 43.1 Å². The second kappa shape index (κ2) is 14.0. The van der Waals surface area contributed by atoms with Crippen LogP contribution in [0.4, 0.5) is 0 Å². The molecule has 12 heteroatoms. The summed E-state index contributed by atoms with van der Waals surface area (Å²) in [5.41, 5.74) is 1.83. The van der Waals surface area contributed by atoms with Crippen molar-refractivity contribution in [2.45, 2.75) is 37.1 Å². The van der Waals surface area contributed by atoms with E-state index in [0.29, 0.717) is 83.9 Å². The maximum atomic E-state index is 13.9. The molecule has 1 saturated heterocycles. The summed E-state index contributed by atoms with van der Waals surface area (Å²) in [7, 11) is -1.76. The maximum absolute atomic E-state index is 13.9. The lowest BCUT2D eigenvalue weighted by atomic mass is 10.0. The number of likely N-dealkylation sites (N-methyl/N-ethyl adjacent to an activating group) is 1. The number of para-hydroxylation sites is 1. The van der Waals surface area contributed by atoms with Gasteiger partial charge >= 0.3 is 0 Å². The molecule has 2 aliphatic rings. The Morgan fingerprint density at radius 1 is 0.979 bits per heavy atom. The molecule has 3 heterocycles. The topological polar surface area (TPSA) is 128 Å². The van der Waals surface area contributed by atoms with Crippen LogP contribution in [-0.2, 0) is 14.8 Å². The Morgan fingerprint density at radius 2 is 1.71 bits per heavy atom.